The molecule has 0 radical (unpaired) electrons. The molecule has 2 nitrogen and oxygen atoms in total. The Morgan fingerprint density at radius 2 is 1.86 bits per heavy atom. The Morgan fingerprint density at radius 1 is 1.29 bits per heavy atom. The van der Waals surface area contributed by atoms with E-state index in [9.17, 15) is 5.11 Å². The molecule has 0 atom stereocenters. The van der Waals surface area contributed by atoms with Gasteiger partial charge >= 0.3 is 0 Å². The molecule has 1 rings (SSSR count). The second-order valence-corrected chi connectivity index (χ2v) is 4.66. The van der Waals surface area contributed by atoms with Crippen LogP contribution in [0.2, 0.25) is 5.02 Å². The number of ether oxygens (including phenoxy) is 1. The van der Waals surface area contributed by atoms with Gasteiger partial charge < -0.3 is 9.84 Å². The molecule has 1 aromatic rings. The zero-order valence-electron chi connectivity index (χ0n) is 8.89. The molecule has 0 aliphatic carbocycles. The average molecular weight is 215 g/mol. The SMILES string of the molecule is COc1cc(O)cc(Cl)c1C(C)(C)C. The molecular weight excluding hydrogens is 200 g/mol. The van der Waals surface area contributed by atoms with Gasteiger partial charge in [0.1, 0.15) is 11.5 Å². The molecule has 1 N–H and O–H groups in total. The van der Waals surface area contributed by atoms with Crippen LogP contribution < -0.4 is 4.74 Å². The highest BCUT2D eigenvalue weighted by Crippen LogP contribution is 2.39. The fraction of sp³-hybridized carbons (Fsp3) is 0.455. The maximum absolute atomic E-state index is 9.35. The van der Waals surface area contributed by atoms with E-state index in [1.807, 2.05) is 20.8 Å². The molecule has 3 heteroatoms. The second kappa shape index (κ2) is 3.70. The van der Waals surface area contributed by atoms with E-state index in [2.05, 4.69) is 0 Å². The van der Waals surface area contributed by atoms with E-state index in [-0.39, 0.29) is 11.2 Å². The smallest absolute Gasteiger partial charge is 0.127 e. The number of hydrogen-bond acceptors (Lipinski definition) is 2. The first-order valence-corrected chi connectivity index (χ1v) is 4.81. The van der Waals surface area contributed by atoms with Crippen molar-refractivity contribution in [2.75, 3.05) is 7.11 Å². The van der Waals surface area contributed by atoms with Crippen molar-refractivity contribution in [1.82, 2.24) is 0 Å². The molecule has 0 aromatic heterocycles. The Morgan fingerprint density at radius 3 is 2.29 bits per heavy atom. The van der Waals surface area contributed by atoms with E-state index >= 15 is 0 Å². The number of hydrogen-bond donors (Lipinski definition) is 1. The largest absolute Gasteiger partial charge is 0.508 e. The maximum Gasteiger partial charge on any atom is 0.127 e. The summed E-state index contributed by atoms with van der Waals surface area (Å²) in [5, 5.41) is 9.89. The van der Waals surface area contributed by atoms with E-state index in [0.717, 1.165) is 5.56 Å². The van der Waals surface area contributed by atoms with Crippen LogP contribution in [0.1, 0.15) is 26.3 Å². The van der Waals surface area contributed by atoms with Crippen LogP contribution in [0.3, 0.4) is 0 Å². The number of halogens is 1. The normalized spacial score (nSPS) is 11.5. The van der Waals surface area contributed by atoms with Crippen LogP contribution in [0.4, 0.5) is 0 Å². The van der Waals surface area contributed by atoms with Gasteiger partial charge in [0.15, 0.2) is 0 Å². The molecule has 0 fully saturated rings. The molecule has 0 amide bonds. The van der Waals surface area contributed by atoms with Crippen LogP contribution >= 0.6 is 11.6 Å². The van der Waals surface area contributed by atoms with Crippen molar-refractivity contribution in [3.05, 3.63) is 22.7 Å². The van der Waals surface area contributed by atoms with Gasteiger partial charge in [0.05, 0.1) is 12.1 Å². The number of aromatic hydroxyl groups is 1. The molecule has 78 valence electrons. The molecule has 0 bridgehead atoms. The van der Waals surface area contributed by atoms with Crippen LogP contribution in [0.25, 0.3) is 0 Å². The first kappa shape index (κ1) is 11.2. The Kier molecular flexibility index (Phi) is 2.95. The van der Waals surface area contributed by atoms with Gasteiger partial charge in [-0.1, -0.05) is 32.4 Å². The summed E-state index contributed by atoms with van der Waals surface area (Å²) in [4.78, 5) is 0. The Balaban J connectivity index is 3.40. The molecule has 0 saturated carbocycles. The van der Waals surface area contributed by atoms with Crippen LogP contribution in [-0.4, -0.2) is 12.2 Å². The predicted molar refractivity (Wildman–Crippen MR) is 58.4 cm³/mol. The fourth-order valence-electron chi connectivity index (χ4n) is 1.46. The van der Waals surface area contributed by atoms with Crippen molar-refractivity contribution in [2.45, 2.75) is 26.2 Å². The van der Waals surface area contributed by atoms with E-state index in [0.29, 0.717) is 10.8 Å². The minimum absolute atomic E-state index is 0.101. The molecule has 0 spiro atoms. The van der Waals surface area contributed by atoms with E-state index < -0.39 is 0 Å². The van der Waals surface area contributed by atoms with Gasteiger partial charge in [0.25, 0.3) is 0 Å². The van der Waals surface area contributed by atoms with Crippen LogP contribution in [0.15, 0.2) is 12.1 Å². The quantitative estimate of drug-likeness (QED) is 0.777. The monoisotopic (exact) mass is 214 g/mol. The Hall–Kier alpha value is -0.890. The molecule has 0 unspecified atom stereocenters. The fourth-order valence-corrected chi connectivity index (χ4v) is 1.95. The summed E-state index contributed by atoms with van der Waals surface area (Å²) in [6.45, 7) is 6.15. The number of phenols is 1. The number of rotatable bonds is 1. The summed E-state index contributed by atoms with van der Waals surface area (Å²) in [5.41, 5.74) is 0.815. The van der Waals surface area contributed by atoms with Crippen molar-refractivity contribution in [3.63, 3.8) is 0 Å². The number of phenolic OH excluding ortho intramolecular Hbond substituents is 1. The first-order valence-electron chi connectivity index (χ1n) is 4.43. The summed E-state index contributed by atoms with van der Waals surface area (Å²) in [6.07, 6.45) is 0. The highest BCUT2D eigenvalue weighted by atomic mass is 35.5. The summed E-state index contributed by atoms with van der Waals surface area (Å²) in [7, 11) is 1.57. The molecule has 14 heavy (non-hydrogen) atoms. The lowest BCUT2D eigenvalue weighted by Crippen LogP contribution is -2.13. The third kappa shape index (κ3) is 2.13. The lowest BCUT2D eigenvalue weighted by Gasteiger charge is -2.23. The minimum Gasteiger partial charge on any atom is -0.508 e. The number of benzene rings is 1. The summed E-state index contributed by atoms with van der Waals surface area (Å²) < 4.78 is 5.19. The number of methoxy groups -OCH3 is 1. The van der Waals surface area contributed by atoms with Gasteiger partial charge in [-0.05, 0) is 11.5 Å². The third-order valence-corrected chi connectivity index (χ3v) is 2.31. The molecule has 1 aromatic carbocycles. The lowest BCUT2D eigenvalue weighted by molar-refractivity contribution is 0.391. The Bertz CT molecular complexity index is 340. The van der Waals surface area contributed by atoms with Gasteiger partial charge in [-0.2, -0.15) is 0 Å². The summed E-state index contributed by atoms with van der Waals surface area (Å²) in [5.74, 6) is 0.752. The topological polar surface area (TPSA) is 29.5 Å². The first-order chi connectivity index (χ1) is 6.36. The highest BCUT2D eigenvalue weighted by Gasteiger charge is 2.22. The predicted octanol–water partition coefficient (Wildman–Crippen LogP) is 3.35. The van der Waals surface area contributed by atoms with Gasteiger partial charge in [-0.25, -0.2) is 0 Å². The van der Waals surface area contributed by atoms with Crippen molar-refractivity contribution in [3.8, 4) is 11.5 Å². The van der Waals surface area contributed by atoms with Crippen LogP contribution in [0.5, 0.6) is 11.5 Å². The zero-order valence-corrected chi connectivity index (χ0v) is 9.64. The molecule has 0 aliphatic rings. The van der Waals surface area contributed by atoms with Crippen LogP contribution in [0, 0.1) is 0 Å². The van der Waals surface area contributed by atoms with E-state index in [1.54, 1.807) is 13.2 Å². The van der Waals surface area contributed by atoms with Gasteiger partial charge in [0, 0.05) is 11.6 Å². The molecule has 0 aliphatic heterocycles. The molecule has 0 heterocycles. The highest BCUT2D eigenvalue weighted by molar-refractivity contribution is 6.31. The van der Waals surface area contributed by atoms with E-state index in [4.69, 9.17) is 16.3 Å². The van der Waals surface area contributed by atoms with Gasteiger partial charge in [-0.15, -0.1) is 0 Å². The average Bonchev–Trinajstić information content (AvgIpc) is 1.99. The lowest BCUT2D eigenvalue weighted by atomic mass is 9.86. The van der Waals surface area contributed by atoms with Crippen molar-refractivity contribution in [1.29, 1.82) is 0 Å². The zero-order chi connectivity index (χ0) is 10.9. The molecular formula is C11H15ClO2. The summed E-state index contributed by atoms with van der Waals surface area (Å²) >= 11 is 6.06. The molecule has 0 saturated heterocycles. The minimum atomic E-state index is -0.101. The van der Waals surface area contributed by atoms with E-state index in [1.165, 1.54) is 6.07 Å². The summed E-state index contributed by atoms with van der Waals surface area (Å²) in [6, 6.07) is 3.11. The standard InChI is InChI=1S/C11H15ClO2/c1-11(2,3)10-8(12)5-7(13)6-9(10)14-4/h5-6,13H,1-4H3. The van der Waals surface area contributed by atoms with Gasteiger partial charge in [-0.3, -0.25) is 0 Å². The van der Waals surface area contributed by atoms with Crippen LogP contribution in [-0.2, 0) is 5.41 Å². The van der Waals surface area contributed by atoms with Gasteiger partial charge in [0.2, 0.25) is 0 Å². The van der Waals surface area contributed by atoms with Crippen molar-refractivity contribution >= 4 is 11.6 Å². The van der Waals surface area contributed by atoms with Crippen molar-refractivity contribution in [2.24, 2.45) is 0 Å². The Labute approximate surface area is 89.5 Å². The van der Waals surface area contributed by atoms with Crippen molar-refractivity contribution < 1.29 is 9.84 Å². The second-order valence-electron chi connectivity index (χ2n) is 4.25. The maximum atomic E-state index is 9.35. The third-order valence-electron chi connectivity index (χ3n) is 2.01.